The lowest BCUT2D eigenvalue weighted by molar-refractivity contribution is 0.192. The van der Waals surface area contributed by atoms with E-state index >= 15 is 0 Å². The first-order valence-corrected chi connectivity index (χ1v) is 12.3. The lowest BCUT2D eigenvalue weighted by Crippen LogP contribution is -2.35. The van der Waals surface area contributed by atoms with E-state index in [9.17, 15) is 8.42 Å². The van der Waals surface area contributed by atoms with Crippen LogP contribution in [0.4, 0.5) is 0 Å². The molecule has 29 heavy (non-hydrogen) atoms. The number of thiazole rings is 1. The molecule has 1 aliphatic heterocycles. The van der Waals surface area contributed by atoms with Gasteiger partial charge in [-0.15, -0.1) is 11.3 Å². The molecule has 152 valence electrons. The van der Waals surface area contributed by atoms with Crippen LogP contribution in [0.3, 0.4) is 0 Å². The fourth-order valence-electron chi connectivity index (χ4n) is 3.64. The Balaban J connectivity index is 1.54. The second-order valence-corrected chi connectivity index (χ2v) is 10.4. The van der Waals surface area contributed by atoms with Gasteiger partial charge in [-0.3, -0.25) is 4.90 Å². The average molecular weight is 429 g/mol. The van der Waals surface area contributed by atoms with E-state index in [0.717, 1.165) is 27.6 Å². The Bertz CT molecular complexity index is 1050. The molecular weight excluding hydrogens is 404 g/mol. The highest BCUT2D eigenvalue weighted by Crippen LogP contribution is 2.27. The predicted octanol–water partition coefficient (Wildman–Crippen LogP) is 4.01. The monoisotopic (exact) mass is 428 g/mol. The molecule has 7 heteroatoms. The van der Waals surface area contributed by atoms with Gasteiger partial charge in [-0.05, 0) is 24.1 Å². The zero-order valence-electron chi connectivity index (χ0n) is 16.3. The van der Waals surface area contributed by atoms with Gasteiger partial charge in [-0.1, -0.05) is 42.5 Å². The molecule has 2 heterocycles. The molecule has 2 aromatic carbocycles. The quantitative estimate of drug-likeness (QED) is 0.569. The minimum Gasteiger partial charge on any atom is -0.497 e. The molecule has 0 amide bonds. The molecule has 0 aliphatic carbocycles. The first-order valence-electron chi connectivity index (χ1n) is 9.60. The number of hydrogen-bond acceptors (Lipinski definition) is 6. The van der Waals surface area contributed by atoms with Gasteiger partial charge in [-0.25, -0.2) is 13.4 Å². The Morgan fingerprint density at radius 2 is 1.86 bits per heavy atom. The van der Waals surface area contributed by atoms with E-state index in [1.165, 1.54) is 0 Å². The van der Waals surface area contributed by atoms with Crippen molar-refractivity contribution in [1.82, 2.24) is 9.88 Å². The van der Waals surface area contributed by atoms with Crippen LogP contribution in [0.1, 0.15) is 17.7 Å². The highest BCUT2D eigenvalue weighted by molar-refractivity contribution is 7.91. The van der Waals surface area contributed by atoms with Crippen LogP contribution in [0.2, 0.25) is 0 Å². The third-order valence-corrected chi connectivity index (χ3v) is 7.90. The Labute approximate surface area is 175 Å². The number of nitrogens with zero attached hydrogens (tertiary/aromatic N) is 2. The third kappa shape index (κ3) is 5.04. The standard InChI is InChI=1S/C22H24N2O3S2/c1-27-21-9-7-17(8-10-21)13-24(20-11-12-29(25,26)16-20)14-19-15-28-22(23-19)18-5-3-2-4-6-18/h2-10,15,20H,11-14,16H2,1H3/t20-/m1/s1. The molecule has 5 nitrogen and oxygen atoms in total. The highest BCUT2D eigenvalue weighted by Gasteiger charge is 2.32. The van der Waals surface area contributed by atoms with Gasteiger partial charge in [0.2, 0.25) is 0 Å². The summed E-state index contributed by atoms with van der Waals surface area (Å²) in [6, 6.07) is 18.1. The largest absolute Gasteiger partial charge is 0.497 e. The van der Waals surface area contributed by atoms with Gasteiger partial charge in [0.25, 0.3) is 0 Å². The van der Waals surface area contributed by atoms with Gasteiger partial charge in [0.05, 0.1) is 24.3 Å². The number of aromatic nitrogens is 1. The molecule has 3 aromatic rings. The molecule has 1 aromatic heterocycles. The average Bonchev–Trinajstić information content (AvgIpc) is 3.35. The summed E-state index contributed by atoms with van der Waals surface area (Å²) in [6.45, 7) is 1.32. The number of rotatable bonds is 7. The van der Waals surface area contributed by atoms with Crippen molar-refractivity contribution in [3.8, 4) is 16.3 Å². The summed E-state index contributed by atoms with van der Waals surface area (Å²) >= 11 is 1.63. The molecule has 4 rings (SSSR count). The van der Waals surface area contributed by atoms with E-state index in [0.29, 0.717) is 19.5 Å². The van der Waals surface area contributed by atoms with Crippen LogP contribution in [0.25, 0.3) is 10.6 Å². The molecule has 0 saturated carbocycles. The highest BCUT2D eigenvalue weighted by atomic mass is 32.2. The zero-order chi connectivity index (χ0) is 20.3. The topological polar surface area (TPSA) is 59.5 Å². The number of methoxy groups -OCH3 is 1. The van der Waals surface area contributed by atoms with Crippen LogP contribution >= 0.6 is 11.3 Å². The first kappa shape index (κ1) is 20.1. The van der Waals surface area contributed by atoms with E-state index in [2.05, 4.69) is 22.4 Å². The number of hydrogen-bond donors (Lipinski definition) is 0. The molecule has 0 bridgehead atoms. The van der Waals surface area contributed by atoms with Crippen molar-refractivity contribution in [3.63, 3.8) is 0 Å². The molecule has 1 aliphatic rings. The number of sulfone groups is 1. The van der Waals surface area contributed by atoms with Crippen molar-refractivity contribution in [2.45, 2.75) is 25.6 Å². The predicted molar refractivity (Wildman–Crippen MR) is 117 cm³/mol. The third-order valence-electron chi connectivity index (χ3n) is 5.21. The summed E-state index contributed by atoms with van der Waals surface area (Å²) in [5.41, 5.74) is 3.22. The number of benzene rings is 2. The number of ether oxygens (including phenoxy) is 1. The Morgan fingerprint density at radius 3 is 2.52 bits per heavy atom. The maximum Gasteiger partial charge on any atom is 0.151 e. The van der Waals surface area contributed by atoms with Crippen molar-refractivity contribution in [2.24, 2.45) is 0 Å². The normalized spacial score (nSPS) is 18.2. The summed E-state index contributed by atoms with van der Waals surface area (Å²) in [5, 5.41) is 3.07. The van der Waals surface area contributed by atoms with E-state index in [1.54, 1.807) is 18.4 Å². The lowest BCUT2D eigenvalue weighted by Gasteiger charge is -2.27. The molecule has 0 N–H and O–H groups in total. The van der Waals surface area contributed by atoms with E-state index < -0.39 is 9.84 Å². The summed E-state index contributed by atoms with van der Waals surface area (Å²) in [6.07, 6.45) is 0.675. The second kappa shape index (κ2) is 8.65. The second-order valence-electron chi connectivity index (χ2n) is 7.32. The van der Waals surface area contributed by atoms with Crippen LogP contribution in [-0.2, 0) is 22.9 Å². The molecule has 0 radical (unpaired) electrons. The Kier molecular flexibility index (Phi) is 5.99. The fraction of sp³-hybridized carbons (Fsp3) is 0.318. The van der Waals surface area contributed by atoms with E-state index in [4.69, 9.17) is 9.72 Å². The van der Waals surface area contributed by atoms with Gasteiger partial charge in [-0.2, -0.15) is 0 Å². The van der Waals surface area contributed by atoms with Gasteiger partial charge >= 0.3 is 0 Å². The summed E-state index contributed by atoms with van der Waals surface area (Å²) in [7, 11) is -1.30. The summed E-state index contributed by atoms with van der Waals surface area (Å²) in [5.74, 6) is 1.30. The van der Waals surface area contributed by atoms with Gasteiger partial charge < -0.3 is 4.74 Å². The van der Waals surface area contributed by atoms with Crippen molar-refractivity contribution in [2.75, 3.05) is 18.6 Å². The molecule has 0 spiro atoms. The molecular formula is C22H24N2O3S2. The summed E-state index contributed by atoms with van der Waals surface area (Å²) in [4.78, 5) is 7.05. The van der Waals surface area contributed by atoms with Crippen LogP contribution in [0, 0.1) is 0 Å². The van der Waals surface area contributed by atoms with Crippen molar-refractivity contribution in [3.05, 3.63) is 71.2 Å². The van der Waals surface area contributed by atoms with Crippen LogP contribution in [-0.4, -0.2) is 43.0 Å². The maximum atomic E-state index is 12.1. The first-order chi connectivity index (χ1) is 14.0. The zero-order valence-corrected chi connectivity index (χ0v) is 18.0. The van der Waals surface area contributed by atoms with Gasteiger partial charge in [0, 0.05) is 30.1 Å². The maximum absolute atomic E-state index is 12.1. The lowest BCUT2D eigenvalue weighted by atomic mass is 10.1. The van der Waals surface area contributed by atoms with Crippen LogP contribution in [0.15, 0.2) is 60.0 Å². The van der Waals surface area contributed by atoms with E-state index in [-0.39, 0.29) is 17.5 Å². The molecule has 1 fully saturated rings. The molecule has 0 unspecified atom stereocenters. The molecule has 1 atom stereocenters. The van der Waals surface area contributed by atoms with Crippen molar-refractivity contribution in [1.29, 1.82) is 0 Å². The molecule has 1 saturated heterocycles. The Hall–Kier alpha value is -2.22. The fourth-order valence-corrected chi connectivity index (χ4v) is 6.22. The van der Waals surface area contributed by atoms with Crippen molar-refractivity contribution < 1.29 is 13.2 Å². The van der Waals surface area contributed by atoms with Crippen LogP contribution < -0.4 is 4.74 Å². The minimum atomic E-state index is -2.95. The van der Waals surface area contributed by atoms with Gasteiger partial charge in [0.15, 0.2) is 9.84 Å². The Morgan fingerprint density at radius 1 is 1.10 bits per heavy atom. The van der Waals surface area contributed by atoms with Gasteiger partial charge in [0.1, 0.15) is 10.8 Å². The van der Waals surface area contributed by atoms with Crippen molar-refractivity contribution >= 4 is 21.2 Å². The van der Waals surface area contributed by atoms with E-state index in [1.807, 2.05) is 42.5 Å². The SMILES string of the molecule is COc1ccc(CN(Cc2csc(-c3ccccc3)n2)[C@@H]2CCS(=O)(=O)C2)cc1. The van der Waals surface area contributed by atoms with Crippen LogP contribution in [0.5, 0.6) is 5.75 Å². The smallest absolute Gasteiger partial charge is 0.151 e. The minimum absolute atomic E-state index is 0.0176. The summed E-state index contributed by atoms with van der Waals surface area (Å²) < 4.78 is 29.4.